The quantitative estimate of drug-likeness (QED) is 0.249. The molecule has 51 heavy (non-hydrogen) atoms. The molecule has 0 aliphatic carbocycles. The molecular formula is C41H58N6O4. The van der Waals surface area contributed by atoms with Gasteiger partial charge in [-0.25, -0.2) is 9.78 Å². The molecule has 0 amide bonds. The van der Waals surface area contributed by atoms with Gasteiger partial charge in [0.05, 0.1) is 16.9 Å². The Morgan fingerprint density at radius 1 is 0.902 bits per heavy atom. The van der Waals surface area contributed by atoms with Crippen molar-refractivity contribution in [2.24, 2.45) is 11.3 Å². The van der Waals surface area contributed by atoms with Crippen LogP contribution in [-0.4, -0.2) is 75.1 Å². The maximum absolute atomic E-state index is 12.9. The van der Waals surface area contributed by atoms with Crippen LogP contribution in [0.15, 0.2) is 30.5 Å². The van der Waals surface area contributed by atoms with Crippen LogP contribution in [0.4, 0.5) is 17.5 Å². The summed E-state index contributed by atoms with van der Waals surface area (Å²) < 4.78 is 6.28. The van der Waals surface area contributed by atoms with E-state index in [0.717, 1.165) is 99.1 Å². The van der Waals surface area contributed by atoms with Gasteiger partial charge in [-0.05, 0) is 115 Å². The van der Waals surface area contributed by atoms with Gasteiger partial charge in [0.25, 0.3) is 0 Å². The molecule has 0 saturated carbocycles. The average molecular weight is 699 g/mol. The van der Waals surface area contributed by atoms with Gasteiger partial charge in [0.2, 0.25) is 5.95 Å². The van der Waals surface area contributed by atoms with Crippen molar-refractivity contribution in [2.75, 3.05) is 47.4 Å². The zero-order valence-electron chi connectivity index (χ0n) is 32.2. The van der Waals surface area contributed by atoms with Crippen LogP contribution in [0.3, 0.4) is 0 Å². The Morgan fingerprint density at radius 3 is 2.22 bits per heavy atom. The lowest BCUT2D eigenvalue weighted by Crippen LogP contribution is -2.42. The van der Waals surface area contributed by atoms with Crippen LogP contribution < -0.4 is 14.7 Å². The monoisotopic (exact) mass is 698 g/mol. The Hall–Kier alpha value is -3.76. The number of benzene rings is 1. The van der Waals surface area contributed by atoms with E-state index in [0.29, 0.717) is 23.7 Å². The van der Waals surface area contributed by atoms with Crippen molar-refractivity contribution >= 4 is 23.4 Å². The van der Waals surface area contributed by atoms with Gasteiger partial charge in [-0.2, -0.15) is 4.98 Å². The molecule has 3 aliphatic rings. The van der Waals surface area contributed by atoms with Gasteiger partial charge in [-0.3, -0.25) is 4.98 Å². The van der Waals surface area contributed by atoms with Crippen molar-refractivity contribution in [2.45, 2.75) is 118 Å². The Bertz CT molecular complexity index is 1740. The van der Waals surface area contributed by atoms with Gasteiger partial charge in [-0.15, -0.1) is 0 Å². The second-order valence-electron chi connectivity index (χ2n) is 17.3. The third-order valence-electron chi connectivity index (χ3n) is 11.2. The van der Waals surface area contributed by atoms with Gasteiger partial charge in [-0.1, -0.05) is 32.0 Å². The van der Waals surface area contributed by atoms with Crippen LogP contribution in [0.1, 0.15) is 108 Å². The summed E-state index contributed by atoms with van der Waals surface area (Å²) in [5.41, 5.74) is 6.68. The Balaban J connectivity index is 1.32. The highest BCUT2D eigenvalue weighted by Crippen LogP contribution is 2.45. The van der Waals surface area contributed by atoms with Crippen molar-refractivity contribution in [1.29, 1.82) is 0 Å². The molecule has 1 aromatic carbocycles. The highest BCUT2D eigenvalue weighted by molar-refractivity contribution is 5.88. The molecule has 5 heterocycles. The fourth-order valence-electron chi connectivity index (χ4n) is 8.12. The number of aliphatic carboxylic acids is 1. The van der Waals surface area contributed by atoms with Crippen molar-refractivity contribution in [3.8, 4) is 11.1 Å². The van der Waals surface area contributed by atoms with Crippen molar-refractivity contribution in [3.63, 3.8) is 0 Å². The number of anilines is 3. The van der Waals surface area contributed by atoms with Gasteiger partial charge in [0.1, 0.15) is 5.82 Å². The third kappa shape index (κ3) is 8.17. The summed E-state index contributed by atoms with van der Waals surface area (Å²) in [5, 5.41) is 21.1. The molecule has 3 aromatic rings. The van der Waals surface area contributed by atoms with E-state index in [-0.39, 0.29) is 5.41 Å². The SMILES string of the molecule is Cc1nc(C)c(C(OC(C)(C)C)C(=O)O)c(N2CCC(C)(C)CC2)c1-c1ccc2c(c1)CCN(c1nccc(N3CCC(C(C)(C)O)CC3)n1)C2. The van der Waals surface area contributed by atoms with Crippen molar-refractivity contribution < 1.29 is 19.7 Å². The van der Waals surface area contributed by atoms with E-state index >= 15 is 0 Å². The Morgan fingerprint density at radius 2 is 1.59 bits per heavy atom. The van der Waals surface area contributed by atoms with Gasteiger partial charge in [0.15, 0.2) is 6.10 Å². The molecule has 2 fully saturated rings. The first-order valence-electron chi connectivity index (χ1n) is 18.7. The molecule has 2 saturated heterocycles. The second-order valence-corrected chi connectivity index (χ2v) is 17.3. The largest absolute Gasteiger partial charge is 0.479 e. The van der Waals surface area contributed by atoms with Gasteiger partial charge < -0.3 is 29.6 Å². The van der Waals surface area contributed by atoms with Crippen LogP contribution in [0.2, 0.25) is 0 Å². The van der Waals surface area contributed by atoms with Crippen molar-refractivity contribution in [1.82, 2.24) is 15.0 Å². The summed E-state index contributed by atoms with van der Waals surface area (Å²) in [4.78, 5) is 34.5. The van der Waals surface area contributed by atoms with Gasteiger partial charge >= 0.3 is 5.97 Å². The summed E-state index contributed by atoms with van der Waals surface area (Å²) in [7, 11) is 0. The summed E-state index contributed by atoms with van der Waals surface area (Å²) in [5.74, 6) is 0.975. The van der Waals surface area contributed by atoms with E-state index < -0.39 is 23.3 Å². The maximum Gasteiger partial charge on any atom is 0.337 e. The molecule has 10 nitrogen and oxygen atoms in total. The molecule has 1 unspecified atom stereocenters. The number of piperidine rings is 2. The summed E-state index contributed by atoms with van der Waals surface area (Å²) in [6.07, 6.45) is 5.49. The fourth-order valence-corrected chi connectivity index (χ4v) is 8.12. The lowest BCUT2D eigenvalue weighted by Gasteiger charge is -2.41. The first kappa shape index (κ1) is 37.0. The zero-order chi connectivity index (χ0) is 36.9. The van der Waals surface area contributed by atoms with Crippen LogP contribution in [0, 0.1) is 25.2 Å². The fraction of sp³-hybridized carbons (Fsp3) is 0.610. The molecule has 0 spiro atoms. The molecular weight excluding hydrogens is 640 g/mol. The number of nitrogens with zero attached hydrogens (tertiary/aromatic N) is 6. The number of carboxylic acid groups (broad SMARTS) is 1. The average Bonchev–Trinajstić information content (AvgIpc) is 3.06. The predicted molar refractivity (Wildman–Crippen MR) is 204 cm³/mol. The lowest BCUT2D eigenvalue weighted by molar-refractivity contribution is -0.160. The molecule has 2 N–H and O–H groups in total. The van der Waals surface area contributed by atoms with E-state index in [9.17, 15) is 15.0 Å². The number of hydrogen-bond donors (Lipinski definition) is 2. The summed E-state index contributed by atoms with van der Waals surface area (Å²) in [6, 6.07) is 8.67. The first-order valence-corrected chi connectivity index (χ1v) is 18.7. The smallest absolute Gasteiger partial charge is 0.337 e. The number of carbonyl (C=O) groups is 1. The predicted octanol–water partition coefficient (Wildman–Crippen LogP) is 7.27. The minimum Gasteiger partial charge on any atom is -0.479 e. The highest BCUT2D eigenvalue weighted by Gasteiger charge is 2.37. The molecule has 10 heteroatoms. The van der Waals surface area contributed by atoms with E-state index in [1.54, 1.807) is 0 Å². The molecule has 3 aliphatic heterocycles. The molecule has 0 radical (unpaired) electrons. The summed E-state index contributed by atoms with van der Waals surface area (Å²) >= 11 is 0. The number of aryl methyl sites for hydroxylation is 2. The maximum atomic E-state index is 12.9. The van der Waals surface area contributed by atoms with Gasteiger partial charge in [0, 0.05) is 68.0 Å². The minimum absolute atomic E-state index is 0.233. The van der Waals surface area contributed by atoms with E-state index in [4.69, 9.17) is 14.7 Å². The second kappa shape index (κ2) is 14.0. The molecule has 1 atom stereocenters. The van der Waals surface area contributed by atoms with E-state index in [1.165, 1.54) is 11.1 Å². The van der Waals surface area contributed by atoms with Crippen LogP contribution >= 0.6 is 0 Å². The van der Waals surface area contributed by atoms with E-state index in [1.807, 2.05) is 60.7 Å². The standard InChI is InChI=1S/C41H58N6O4/c1-26-33(35(46-22-16-40(6,7)17-23-46)34(27(2)43-26)36(37(48)49)51-39(3,4)5)29-10-11-30-25-47(19-13-28(30)24-29)38-42-18-12-32(44-38)45-20-14-31(15-21-45)41(8,9)50/h10-12,18,24,31,36,50H,13-17,19-23,25H2,1-9H3,(H,48,49). The zero-order valence-corrected chi connectivity index (χ0v) is 32.2. The van der Waals surface area contributed by atoms with Crippen molar-refractivity contribution in [3.05, 3.63) is 58.5 Å². The Labute approximate surface area is 304 Å². The van der Waals surface area contributed by atoms with Crippen LogP contribution in [-0.2, 0) is 22.5 Å². The number of ether oxygens (including phenoxy) is 1. The van der Waals surface area contributed by atoms with Crippen LogP contribution in [0.25, 0.3) is 11.1 Å². The summed E-state index contributed by atoms with van der Waals surface area (Å²) in [6.45, 7) is 23.1. The third-order valence-corrected chi connectivity index (χ3v) is 11.2. The normalized spacial score (nSPS) is 19.2. The first-order chi connectivity index (χ1) is 23.9. The lowest BCUT2D eigenvalue weighted by atomic mass is 9.81. The molecule has 276 valence electrons. The molecule has 0 bridgehead atoms. The number of pyridine rings is 1. The molecule has 6 rings (SSSR count). The van der Waals surface area contributed by atoms with Crippen LogP contribution in [0.5, 0.6) is 0 Å². The topological polar surface area (TPSA) is 115 Å². The number of fused-ring (bicyclic) bond motifs is 1. The minimum atomic E-state index is -1.14. The number of hydrogen-bond acceptors (Lipinski definition) is 9. The highest BCUT2D eigenvalue weighted by atomic mass is 16.5. The Kier molecular flexibility index (Phi) is 10.2. The number of rotatable bonds is 8. The van der Waals surface area contributed by atoms with E-state index in [2.05, 4.69) is 51.7 Å². The number of aromatic nitrogens is 3. The molecule has 2 aromatic heterocycles. The number of aliphatic hydroxyl groups is 1. The number of carboxylic acids is 1.